The Labute approximate surface area is 192 Å². The van der Waals surface area contributed by atoms with Gasteiger partial charge in [-0.1, -0.05) is 26.8 Å². The molecule has 170 valence electrons. The molecule has 0 fully saturated rings. The summed E-state index contributed by atoms with van der Waals surface area (Å²) in [7, 11) is 3.21. The number of benzene rings is 1. The number of carbonyl (C=O) groups is 1. The number of methoxy groups -OCH3 is 2. The molecule has 1 aromatic carbocycles. The first-order valence-electron chi connectivity index (χ1n) is 10.6. The number of ether oxygens (including phenoxy) is 3. The van der Waals surface area contributed by atoms with Crippen molar-refractivity contribution in [1.82, 2.24) is 14.9 Å². The fourth-order valence-corrected chi connectivity index (χ4v) is 4.50. The van der Waals surface area contributed by atoms with Crippen molar-refractivity contribution in [1.29, 1.82) is 0 Å². The molecule has 0 aliphatic carbocycles. The normalized spacial score (nSPS) is 12.8. The summed E-state index contributed by atoms with van der Waals surface area (Å²) in [5.41, 5.74) is 3.86. The third-order valence-electron chi connectivity index (χ3n) is 5.29. The first-order valence-corrected chi connectivity index (χ1v) is 11.5. The number of rotatable bonds is 7. The molecule has 2 aromatic heterocycles. The van der Waals surface area contributed by atoms with Gasteiger partial charge in [-0.05, 0) is 41.0 Å². The van der Waals surface area contributed by atoms with Crippen LogP contribution in [0.2, 0.25) is 0 Å². The van der Waals surface area contributed by atoms with E-state index in [-0.39, 0.29) is 18.1 Å². The molecular weight excluding hydrogens is 426 g/mol. The van der Waals surface area contributed by atoms with Gasteiger partial charge < -0.3 is 24.1 Å². The molecule has 0 saturated carbocycles. The molecule has 7 nitrogen and oxygen atoms in total. The van der Waals surface area contributed by atoms with Crippen LogP contribution in [-0.4, -0.2) is 43.0 Å². The lowest BCUT2D eigenvalue weighted by molar-refractivity contribution is 0.0492. The van der Waals surface area contributed by atoms with E-state index < -0.39 is 0 Å². The van der Waals surface area contributed by atoms with Crippen molar-refractivity contribution in [2.75, 3.05) is 27.6 Å². The molecule has 1 N–H and O–H groups in total. The van der Waals surface area contributed by atoms with E-state index in [1.807, 2.05) is 34.2 Å². The second-order valence-corrected chi connectivity index (χ2v) is 9.91. The minimum absolute atomic E-state index is 0.0136. The number of hydrogen-bond acceptors (Lipinski definition) is 6. The van der Waals surface area contributed by atoms with Gasteiger partial charge in [0.15, 0.2) is 24.1 Å². The summed E-state index contributed by atoms with van der Waals surface area (Å²) in [5, 5.41) is 5.07. The maximum Gasteiger partial charge on any atom is 0.287 e. The topological polar surface area (TPSA) is 74.6 Å². The Hall–Kier alpha value is -2.84. The second-order valence-electron chi connectivity index (χ2n) is 8.97. The lowest BCUT2D eigenvalue weighted by Gasteiger charge is -2.23. The summed E-state index contributed by atoms with van der Waals surface area (Å²) in [6.45, 7) is 7.64. The largest absolute Gasteiger partial charge is 0.493 e. The fourth-order valence-electron chi connectivity index (χ4n) is 3.78. The van der Waals surface area contributed by atoms with Crippen LogP contribution < -0.4 is 14.8 Å². The molecule has 0 unspecified atom stereocenters. The molecule has 8 heteroatoms. The summed E-state index contributed by atoms with van der Waals surface area (Å²) in [4.78, 5) is 19.0. The number of aryl methyl sites for hydroxylation is 1. The second kappa shape index (κ2) is 8.96. The average Bonchev–Trinajstić information content (AvgIpc) is 3.42. The SMILES string of the molecule is COCOc1cc2c(cc1OC)CCn1c(C(=O)NCC(C)(C)C)nc(-c3cccs3)c1-2. The number of fused-ring (bicyclic) bond motifs is 3. The Balaban J connectivity index is 1.84. The van der Waals surface area contributed by atoms with Crippen LogP contribution in [0.3, 0.4) is 0 Å². The summed E-state index contributed by atoms with van der Waals surface area (Å²) < 4.78 is 18.4. The smallest absolute Gasteiger partial charge is 0.287 e. The van der Waals surface area contributed by atoms with Crippen molar-refractivity contribution < 1.29 is 19.0 Å². The molecule has 3 heterocycles. The highest BCUT2D eigenvalue weighted by molar-refractivity contribution is 7.13. The minimum atomic E-state index is -0.156. The zero-order valence-electron chi connectivity index (χ0n) is 19.2. The van der Waals surface area contributed by atoms with Crippen LogP contribution in [0.5, 0.6) is 11.5 Å². The summed E-state index contributed by atoms with van der Waals surface area (Å²) in [6.07, 6.45) is 0.767. The molecule has 0 radical (unpaired) electrons. The quantitative estimate of drug-likeness (QED) is 0.527. The number of hydrogen-bond donors (Lipinski definition) is 1. The molecule has 1 amide bonds. The maximum absolute atomic E-state index is 13.1. The van der Waals surface area contributed by atoms with Crippen LogP contribution in [0.15, 0.2) is 29.6 Å². The van der Waals surface area contributed by atoms with E-state index in [0.717, 1.165) is 33.8 Å². The number of amides is 1. The van der Waals surface area contributed by atoms with Crippen molar-refractivity contribution in [2.24, 2.45) is 5.41 Å². The van der Waals surface area contributed by atoms with Gasteiger partial charge in [0, 0.05) is 25.8 Å². The number of thiophene rings is 1. The van der Waals surface area contributed by atoms with Crippen LogP contribution in [0.25, 0.3) is 21.8 Å². The van der Waals surface area contributed by atoms with Crippen LogP contribution in [-0.2, 0) is 17.7 Å². The first kappa shape index (κ1) is 22.4. The fraction of sp³-hybridized carbons (Fsp3) is 0.417. The number of imidazole rings is 1. The van der Waals surface area contributed by atoms with E-state index >= 15 is 0 Å². The molecule has 4 rings (SSSR count). The zero-order valence-corrected chi connectivity index (χ0v) is 20.0. The summed E-state index contributed by atoms with van der Waals surface area (Å²) >= 11 is 1.61. The minimum Gasteiger partial charge on any atom is -0.493 e. The van der Waals surface area contributed by atoms with Gasteiger partial charge in [-0.3, -0.25) is 4.79 Å². The van der Waals surface area contributed by atoms with Crippen molar-refractivity contribution in [3.05, 3.63) is 41.0 Å². The monoisotopic (exact) mass is 455 g/mol. The van der Waals surface area contributed by atoms with Gasteiger partial charge in [-0.25, -0.2) is 4.98 Å². The van der Waals surface area contributed by atoms with Gasteiger partial charge in [0.1, 0.15) is 5.69 Å². The van der Waals surface area contributed by atoms with E-state index in [1.54, 1.807) is 25.6 Å². The van der Waals surface area contributed by atoms with Gasteiger partial charge in [0.2, 0.25) is 0 Å². The average molecular weight is 456 g/mol. The molecule has 32 heavy (non-hydrogen) atoms. The summed E-state index contributed by atoms with van der Waals surface area (Å²) in [6, 6.07) is 8.00. The number of nitrogens with zero attached hydrogens (tertiary/aromatic N) is 2. The third kappa shape index (κ3) is 4.38. The first-order chi connectivity index (χ1) is 15.3. The van der Waals surface area contributed by atoms with Crippen molar-refractivity contribution in [2.45, 2.75) is 33.7 Å². The predicted molar refractivity (Wildman–Crippen MR) is 126 cm³/mol. The lowest BCUT2D eigenvalue weighted by Crippen LogP contribution is -2.34. The zero-order chi connectivity index (χ0) is 22.9. The Bertz CT molecular complexity index is 1110. The molecule has 3 aromatic rings. The maximum atomic E-state index is 13.1. The van der Waals surface area contributed by atoms with Gasteiger partial charge in [-0.2, -0.15) is 0 Å². The van der Waals surface area contributed by atoms with Crippen LogP contribution >= 0.6 is 11.3 Å². The Morgan fingerprint density at radius 1 is 1.25 bits per heavy atom. The number of carbonyl (C=O) groups excluding carboxylic acids is 1. The van der Waals surface area contributed by atoms with Crippen molar-refractivity contribution >= 4 is 17.2 Å². The van der Waals surface area contributed by atoms with E-state index in [9.17, 15) is 4.79 Å². The number of nitrogens with one attached hydrogen (secondary N) is 1. The third-order valence-corrected chi connectivity index (χ3v) is 6.16. The molecule has 0 bridgehead atoms. The number of aromatic nitrogens is 2. The van der Waals surface area contributed by atoms with Crippen molar-refractivity contribution in [3.63, 3.8) is 0 Å². The van der Waals surface area contributed by atoms with E-state index in [4.69, 9.17) is 19.2 Å². The highest BCUT2D eigenvalue weighted by atomic mass is 32.1. The predicted octanol–water partition coefficient (Wildman–Crippen LogP) is 4.60. The van der Waals surface area contributed by atoms with Crippen LogP contribution in [0.1, 0.15) is 37.0 Å². The Kier molecular flexibility index (Phi) is 6.26. The lowest BCUT2D eigenvalue weighted by atomic mass is 9.95. The van der Waals surface area contributed by atoms with E-state index in [0.29, 0.717) is 30.4 Å². The highest BCUT2D eigenvalue weighted by Crippen LogP contribution is 2.43. The molecule has 0 atom stereocenters. The van der Waals surface area contributed by atoms with E-state index in [2.05, 4.69) is 26.1 Å². The Morgan fingerprint density at radius 2 is 2.06 bits per heavy atom. The van der Waals surface area contributed by atoms with Gasteiger partial charge in [0.05, 0.1) is 17.7 Å². The highest BCUT2D eigenvalue weighted by Gasteiger charge is 2.30. The van der Waals surface area contributed by atoms with Gasteiger partial charge >= 0.3 is 0 Å². The molecular formula is C24H29N3O4S. The van der Waals surface area contributed by atoms with E-state index in [1.165, 1.54) is 0 Å². The molecule has 1 aliphatic heterocycles. The molecule has 1 aliphatic rings. The Morgan fingerprint density at radius 3 is 2.72 bits per heavy atom. The van der Waals surface area contributed by atoms with Crippen molar-refractivity contribution in [3.8, 4) is 33.3 Å². The standard InChI is InChI=1S/C24H29N3O4S/c1-24(2,3)13-25-23(28)22-26-20(19-7-6-10-32-19)21-16-12-18(31-14-29-4)17(30-5)11-15(16)8-9-27(21)22/h6-7,10-12H,8-9,13-14H2,1-5H3,(H,25,28). The van der Waals surface area contributed by atoms with Crippen LogP contribution in [0, 0.1) is 5.41 Å². The molecule has 0 spiro atoms. The van der Waals surface area contributed by atoms with Gasteiger partial charge in [-0.15, -0.1) is 11.3 Å². The molecule has 0 saturated heterocycles. The summed E-state index contributed by atoms with van der Waals surface area (Å²) in [5.74, 6) is 1.54. The van der Waals surface area contributed by atoms with Crippen LogP contribution in [0.4, 0.5) is 0 Å². The van der Waals surface area contributed by atoms with Gasteiger partial charge in [0.25, 0.3) is 5.91 Å².